The maximum atomic E-state index is 9.93. The van der Waals surface area contributed by atoms with Gasteiger partial charge in [0, 0.05) is 0 Å². The fraction of sp³-hybridized carbons (Fsp3) is 0.800. The van der Waals surface area contributed by atoms with Crippen LogP contribution >= 0.6 is 0 Å². The lowest BCUT2D eigenvalue weighted by Gasteiger charge is -2.11. The molecule has 7 heavy (non-hydrogen) atoms. The van der Waals surface area contributed by atoms with Gasteiger partial charge < -0.3 is 10.5 Å². The van der Waals surface area contributed by atoms with Gasteiger partial charge in [0.2, 0.25) is 0 Å². The Kier molecular flexibility index (Phi) is 1.96. The third-order valence-electron chi connectivity index (χ3n) is 1.03. The maximum absolute atomic E-state index is 9.93. The lowest BCUT2D eigenvalue weighted by atomic mass is 10.0. The van der Waals surface area contributed by atoms with Gasteiger partial charge in [-0.1, -0.05) is 6.92 Å². The molecule has 1 atom stereocenters. The molecule has 0 aliphatic rings. The Morgan fingerprint density at radius 1 is 1.86 bits per heavy atom. The molecule has 0 aromatic carbocycles. The molecule has 0 radical (unpaired) electrons. The normalized spacial score (nSPS) is 18.1. The molecule has 2 heteroatoms. The van der Waals surface area contributed by atoms with Crippen molar-refractivity contribution in [1.29, 1.82) is 0 Å². The highest BCUT2D eigenvalue weighted by molar-refractivity contribution is 5.62. The van der Waals surface area contributed by atoms with Crippen LogP contribution in [0, 0.1) is 0 Å². The van der Waals surface area contributed by atoms with Crippen LogP contribution in [0.4, 0.5) is 0 Å². The van der Waals surface area contributed by atoms with Gasteiger partial charge in [-0.05, 0) is 13.3 Å². The molecule has 42 valence electrons. The zero-order chi connectivity index (χ0) is 5.91. The van der Waals surface area contributed by atoms with E-state index in [4.69, 9.17) is 5.73 Å². The number of carbonyl (C=O) groups excluding carboxylic acids is 1. The third-order valence-corrected chi connectivity index (χ3v) is 1.03. The van der Waals surface area contributed by atoms with E-state index in [9.17, 15) is 4.79 Å². The van der Waals surface area contributed by atoms with Crippen molar-refractivity contribution < 1.29 is 4.79 Å². The van der Waals surface area contributed by atoms with Crippen LogP contribution in [-0.4, -0.2) is 11.8 Å². The summed E-state index contributed by atoms with van der Waals surface area (Å²) in [5.41, 5.74) is 4.75. The Labute approximate surface area is 43.7 Å². The molecule has 0 fully saturated rings. The van der Waals surface area contributed by atoms with Crippen LogP contribution in [0.25, 0.3) is 0 Å². The molecule has 2 N–H and O–H groups in total. The molecule has 0 aromatic rings. The lowest BCUT2D eigenvalue weighted by Crippen LogP contribution is -2.36. The average molecular weight is 101 g/mol. The van der Waals surface area contributed by atoms with Crippen molar-refractivity contribution in [2.45, 2.75) is 25.8 Å². The van der Waals surface area contributed by atoms with Crippen molar-refractivity contribution in [2.75, 3.05) is 0 Å². The van der Waals surface area contributed by atoms with Gasteiger partial charge >= 0.3 is 0 Å². The summed E-state index contributed by atoms with van der Waals surface area (Å²) in [7, 11) is 0. The number of hydrogen-bond acceptors (Lipinski definition) is 2. The van der Waals surface area contributed by atoms with Crippen molar-refractivity contribution in [3.8, 4) is 0 Å². The summed E-state index contributed by atoms with van der Waals surface area (Å²) in [6.07, 6.45) is 1.48. The molecular weight excluding hydrogens is 90.1 g/mol. The van der Waals surface area contributed by atoms with Crippen LogP contribution in [0.15, 0.2) is 0 Å². The largest absolute Gasteiger partial charge is 0.319 e. The summed E-state index contributed by atoms with van der Waals surface area (Å²) < 4.78 is 0. The quantitative estimate of drug-likeness (QED) is 0.509. The molecule has 0 rings (SSSR count). The van der Waals surface area contributed by atoms with E-state index < -0.39 is 5.54 Å². The fourth-order valence-electron chi connectivity index (χ4n) is 0.0833. The van der Waals surface area contributed by atoms with Crippen molar-refractivity contribution in [1.82, 2.24) is 0 Å². The van der Waals surface area contributed by atoms with Crippen molar-refractivity contribution in [3.63, 3.8) is 0 Å². The predicted octanol–water partition coefficient (Wildman–Crippen LogP) is 0.313. The van der Waals surface area contributed by atoms with Crippen LogP contribution in [-0.2, 0) is 4.79 Å². The Balaban J connectivity index is 3.58. The molecule has 0 spiro atoms. The smallest absolute Gasteiger partial charge is 0.139 e. The maximum Gasteiger partial charge on any atom is 0.139 e. The zero-order valence-electron chi connectivity index (χ0n) is 4.77. The first-order valence-corrected chi connectivity index (χ1v) is 2.37. The summed E-state index contributed by atoms with van der Waals surface area (Å²) in [6.45, 7) is 3.59. The zero-order valence-corrected chi connectivity index (χ0v) is 4.77. The highest BCUT2D eigenvalue weighted by Gasteiger charge is 2.11. The molecule has 0 saturated heterocycles. The number of carbonyl (C=O) groups is 1. The molecule has 0 aliphatic carbocycles. The molecule has 0 bridgehead atoms. The first kappa shape index (κ1) is 6.63. The Morgan fingerprint density at radius 2 is 2.29 bits per heavy atom. The predicted molar refractivity (Wildman–Crippen MR) is 28.9 cm³/mol. The number of nitrogens with two attached hydrogens (primary N) is 1. The van der Waals surface area contributed by atoms with Gasteiger partial charge in [0.15, 0.2) is 0 Å². The van der Waals surface area contributed by atoms with Gasteiger partial charge in [-0.25, -0.2) is 0 Å². The van der Waals surface area contributed by atoms with E-state index in [-0.39, 0.29) is 0 Å². The number of hydrogen-bond donors (Lipinski definition) is 1. The Morgan fingerprint density at radius 3 is 2.29 bits per heavy atom. The summed E-state index contributed by atoms with van der Waals surface area (Å²) in [4.78, 5) is 9.93. The van der Waals surface area contributed by atoms with E-state index in [1.807, 2.05) is 6.92 Å². The minimum absolute atomic E-state index is 0.597. The fourth-order valence-corrected chi connectivity index (χ4v) is 0.0833. The number of rotatable bonds is 2. The number of aldehydes is 1. The van der Waals surface area contributed by atoms with E-state index in [1.165, 1.54) is 0 Å². The molecule has 0 saturated carbocycles. The SMILES string of the molecule is CCC(C)(N)C=O. The topological polar surface area (TPSA) is 43.1 Å². The minimum Gasteiger partial charge on any atom is -0.319 e. The van der Waals surface area contributed by atoms with Gasteiger partial charge in [-0.3, -0.25) is 0 Å². The van der Waals surface area contributed by atoms with Crippen LogP contribution in [0.1, 0.15) is 20.3 Å². The highest BCUT2D eigenvalue weighted by Crippen LogP contribution is 1.97. The molecular formula is C5H11NO. The third kappa shape index (κ3) is 2.34. The van der Waals surface area contributed by atoms with Crippen LogP contribution in [0.2, 0.25) is 0 Å². The van der Waals surface area contributed by atoms with Gasteiger partial charge in [-0.15, -0.1) is 0 Å². The first-order valence-electron chi connectivity index (χ1n) is 2.37. The minimum atomic E-state index is -0.597. The second-order valence-electron chi connectivity index (χ2n) is 1.98. The van der Waals surface area contributed by atoms with Crippen molar-refractivity contribution in [2.24, 2.45) is 5.73 Å². The van der Waals surface area contributed by atoms with E-state index in [0.717, 1.165) is 6.29 Å². The Bertz CT molecular complexity index is 68.5. The molecule has 0 aromatic heterocycles. The van der Waals surface area contributed by atoms with Crippen molar-refractivity contribution >= 4 is 6.29 Å². The lowest BCUT2D eigenvalue weighted by molar-refractivity contribution is -0.111. The summed E-state index contributed by atoms with van der Waals surface area (Å²) >= 11 is 0. The standard InChI is InChI=1S/C5H11NO/c1-3-5(2,6)4-7/h4H,3,6H2,1-2H3. The second-order valence-corrected chi connectivity index (χ2v) is 1.98. The first-order chi connectivity index (χ1) is 3.12. The molecule has 1 unspecified atom stereocenters. The monoisotopic (exact) mass is 101 g/mol. The summed E-state index contributed by atoms with van der Waals surface area (Å²) in [5.74, 6) is 0. The van der Waals surface area contributed by atoms with E-state index >= 15 is 0 Å². The average Bonchev–Trinajstić information content (AvgIpc) is 1.68. The van der Waals surface area contributed by atoms with Gasteiger partial charge in [0.25, 0.3) is 0 Å². The van der Waals surface area contributed by atoms with Gasteiger partial charge in [0.1, 0.15) is 6.29 Å². The van der Waals surface area contributed by atoms with Crippen LogP contribution in [0.3, 0.4) is 0 Å². The summed E-state index contributed by atoms with van der Waals surface area (Å²) in [5, 5.41) is 0. The van der Waals surface area contributed by atoms with E-state index in [2.05, 4.69) is 0 Å². The highest BCUT2D eigenvalue weighted by atomic mass is 16.1. The Hall–Kier alpha value is -0.370. The molecule has 2 nitrogen and oxygen atoms in total. The second kappa shape index (κ2) is 2.07. The molecule has 0 heterocycles. The molecule has 0 aliphatic heterocycles. The van der Waals surface area contributed by atoms with Crippen LogP contribution in [0.5, 0.6) is 0 Å². The van der Waals surface area contributed by atoms with Crippen LogP contribution < -0.4 is 5.73 Å². The summed E-state index contributed by atoms with van der Waals surface area (Å²) in [6, 6.07) is 0. The molecule has 0 amide bonds. The van der Waals surface area contributed by atoms with Gasteiger partial charge in [-0.2, -0.15) is 0 Å². The van der Waals surface area contributed by atoms with E-state index in [0.29, 0.717) is 6.42 Å². The van der Waals surface area contributed by atoms with E-state index in [1.54, 1.807) is 6.92 Å². The van der Waals surface area contributed by atoms with Gasteiger partial charge in [0.05, 0.1) is 5.54 Å². The van der Waals surface area contributed by atoms with Crippen molar-refractivity contribution in [3.05, 3.63) is 0 Å².